The molecule has 0 radical (unpaired) electrons. The fourth-order valence-corrected chi connectivity index (χ4v) is 4.63. The Morgan fingerprint density at radius 1 is 1.11 bits per heavy atom. The molecule has 1 aromatic carbocycles. The maximum Gasteiger partial charge on any atom is 0.251 e. The summed E-state index contributed by atoms with van der Waals surface area (Å²) in [5, 5.41) is 10.7. The minimum atomic E-state index is -0.0173. The maximum absolute atomic E-state index is 12.8. The number of carbonyl (C=O) groups is 1. The fourth-order valence-electron chi connectivity index (χ4n) is 4.63. The number of pyridine rings is 2. The quantitative estimate of drug-likeness (QED) is 0.710. The molecule has 2 aliphatic heterocycles. The van der Waals surface area contributed by atoms with Crippen molar-refractivity contribution in [3.63, 3.8) is 0 Å². The molecule has 2 aliphatic rings. The third-order valence-electron chi connectivity index (χ3n) is 5.97. The number of aromatic hydroxyl groups is 1. The van der Waals surface area contributed by atoms with Crippen LogP contribution in [0.1, 0.15) is 25.0 Å². The average Bonchev–Trinajstić information content (AvgIpc) is 2.68. The maximum atomic E-state index is 12.8. The molecule has 1 N–H and O–H groups in total. The Morgan fingerprint density at radius 2 is 1.93 bits per heavy atom. The molecule has 0 saturated carbocycles. The van der Waals surface area contributed by atoms with E-state index in [0.717, 1.165) is 29.6 Å². The topological polar surface area (TPSA) is 75.4 Å². The van der Waals surface area contributed by atoms with Crippen molar-refractivity contribution >= 4 is 16.8 Å². The van der Waals surface area contributed by atoms with Crippen LogP contribution in [0.15, 0.2) is 47.3 Å². The molecular weight excluding hydrogens is 354 g/mol. The first kappa shape index (κ1) is 17.0. The second-order valence-electron chi connectivity index (χ2n) is 7.91. The highest BCUT2D eigenvalue weighted by Gasteiger charge is 2.35. The summed E-state index contributed by atoms with van der Waals surface area (Å²) in [6, 6.07) is 12.6. The lowest BCUT2D eigenvalue weighted by molar-refractivity contribution is -0.131. The van der Waals surface area contributed by atoms with Gasteiger partial charge in [0.15, 0.2) is 0 Å². The van der Waals surface area contributed by atoms with Crippen LogP contribution in [0, 0.1) is 5.92 Å². The number of rotatable bonds is 1. The number of phenolic OH excluding ortho intramolecular Hbond substituents is 1. The van der Waals surface area contributed by atoms with E-state index in [-0.39, 0.29) is 23.1 Å². The van der Waals surface area contributed by atoms with E-state index in [0.29, 0.717) is 30.2 Å². The van der Waals surface area contributed by atoms with Crippen molar-refractivity contribution in [3.8, 4) is 17.0 Å². The smallest absolute Gasteiger partial charge is 0.251 e. The van der Waals surface area contributed by atoms with E-state index in [9.17, 15) is 14.7 Å². The van der Waals surface area contributed by atoms with E-state index in [4.69, 9.17) is 0 Å². The molecule has 1 saturated heterocycles. The van der Waals surface area contributed by atoms with Gasteiger partial charge in [-0.1, -0.05) is 6.07 Å². The standard InChI is InChI=1S/C22H21N3O3/c1-13(26)24-10-14-6-17(12-24)21-7-16(8-22(28)25(21)11-14)19-5-3-15-2-4-18(27)9-20(15)23-19/h2-5,7-9,14,17,27H,6,10-12H2,1H3/t14-,17+/m0/s1. The second-order valence-corrected chi connectivity index (χ2v) is 7.91. The molecule has 142 valence electrons. The van der Waals surface area contributed by atoms with Crippen LogP contribution in [0.3, 0.4) is 0 Å². The van der Waals surface area contributed by atoms with Gasteiger partial charge in [-0.15, -0.1) is 0 Å². The lowest BCUT2D eigenvalue weighted by Crippen LogP contribution is -2.48. The molecule has 4 heterocycles. The van der Waals surface area contributed by atoms with Crippen molar-refractivity contribution in [1.29, 1.82) is 0 Å². The van der Waals surface area contributed by atoms with E-state index in [2.05, 4.69) is 4.98 Å². The second kappa shape index (κ2) is 6.19. The van der Waals surface area contributed by atoms with Crippen molar-refractivity contribution in [2.24, 2.45) is 5.92 Å². The predicted octanol–water partition coefficient (Wildman–Crippen LogP) is 2.73. The van der Waals surface area contributed by atoms with Crippen LogP contribution in [0.25, 0.3) is 22.2 Å². The van der Waals surface area contributed by atoms with Crippen molar-refractivity contribution < 1.29 is 9.90 Å². The van der Waals surface area contributed by atoms with Gasteiger partial charge < -0.3 is 14.6 Å². The van der Waals surface area contributed by atoms with Gasteiger partial charge in [-0.2, -0.15) is 0 Å². The minimum absolute atomic E-state index is 0.0173. The molecular formula is C22H21N3O3. The minimum Gasteiger partial charge on any atom is -0.508 e. The summed E-state index contributed by atoms with van der Waals surface area (Å²) in [5.41, 5.74) is 3.15. The number of piperidine rings is 1. The summed E-state index contributed by atoms with van der Waals surface area (Å²) in [6.45, 7) is 3.66. The summed E-state index contributed by atoms with van der Waals surface area (Å²) in [5.74, 6) is 0.770. The van der Waals surface area contributed by atoms with Crippen LogP contribution in [0.5, 0.6) is 5.75 Å². The van der Waals surface area contributed by atoms with Gasteiger partial charge in [-0.25, -0.2) is 4.98 Å². The van der Waals surface area contributed by atoms with Crippen molar-refractivity contribution in [3.05, 3.63) is 58.5 Å². The Balaban J connectivity index is 1.60. The zero-order valence-corrected chi connectivity index (χ0v) is 15.6. The molecule has 0 unspecified atom stereocenters. The average molecular weight is 375 g/mol. The number of aromatic nitrogens is 2. The Morgan fingerprint density at radius 3 is 2.75 bits per heavy atom. The summed E-state index contributed by atoms with van der Waals surface area (Å²) in [4.78, 5) is 31.3. The first-order chi connectivity index (χ1) is 13.5. The number of carbonyl (C=O) groups excluding carboxylic acids is 1. The third-order valence-corrected chi connectivity index (χ3v) is 5.97. The van der Waals surface area contributed by atoms with Gasteiger partial charge in [0.05, 0.1) is 11.2 Å². The van der Waals surface area contributed by atoms with Crippen LogP contribution in [-0.4, -0.2) is 38.6 Å². The van der Waals surface area contributed by atoms with Crippen LogP contribution in [-0.2, 0) is 11.3 Å². The summed E-state index contributed by atoms with van der Waals surface area (Å²) in [7, 11) is 0. The first-order valence-electron chi connectivity index (χ1n) is 9.58. The molecule has 28 heavy (non-hydrogen) atoms. The summed E-state index contributed by atoms with van der Waals surface area (Å²) < 4.78 is 1.87. The van der Waals surface area contributed by atoms with Crippen LogP contribution < -0.4 is 5.56 Å². The Labute approximate surface area is 162 Å². The highest BCUT2D eigenvalue weighted by Crippen LogP contribution is 2.36. The summed E-state index contributed by atoms with van der Waals surface area (Å²) in [6.07, 6.45) is 1.01. The summed E-state index contributed by atoms with van der Waals surface area (Å²) >= 11 is 0. The number of hydrogen-bond donors (Lipinski definition) is 1. The normalized spacial score (nSPS) is 20.8. The third kappa shape index (κ3) is 2.76. The number of nitrogens with zero attached hydrogens (tertiary/aromatic N) is 3. The molecule has 2 aromatic heterocycles. The molecule has 0 aliphatic carbocycles. The Bertz CT molecular complexity index is 1170. The Hall–Kier alpha value is -3.15. The van der Waals surface area contributed by atoms with Crippen molar-refractivity contribution in [2.75, 3.05) is 13.1 Å². The lowest BCUT2D eigenvalue weighted by atomic mass is 9.82. The largest absolute Gasteiger partial charge is 0.508 e. The van der Waals surface area contributed by atoms with E-state index in [1.165, 1.54) is 0 Å². The van der Waals surface area contributed by atoms with E-state index in [1.807, 2.05) is 33.7 Å². The van der Waals surface area contributed by atoms with Crippen LogP contribution in [0.2, 0.25) is 0 Å². The SMILES string of the molecule is CC(=O)N1C[C@@H]2C[C@H](C1)c1cc(-c3ccc4ccc(O)cc4n3)cc(=O)n1C2. The molecule has 2 bridgehead atoms. The van der Waals surface area contributed by atoms with Crippen molar-refractivity contribution in [2.45, 2.75) is 25.8 Å². The lowest BCUT2D eigenvalue weighted by Gasteiger charge is -2.42. The molecule has 6 heteroatoms. The Kier molecular flexibility index (Phi) is 3.75. The van der Waals surface area contributed by atoms with Gasteiger partial charge in [-0.05, 0) is 36.6 Å². The first-order valence-corrected chi connectivity index (χ1v) is 9.58. The molecule has 1 amide bonds. The van der Waals surface area contributed by atoms with E-state index >= 15 is 0 Å². The number of hydrogen-bond acceptors (Lipinski definition) is 4. The molecule has 1 fully saturated rings. The molecule has 5 rings (SSSR count). The molecule has 6 nitrogen and oxygen atoms in total. The fraction of sp³-hybridized carbons (Fsp3) is 0.318. The number of amides is 1. The zero-order valence-electron chi connectivity index (χ0n) is 15.6. The number of benzene rings is 1. The molecule has 0 spiro atoms. The van der Waals surface area contributed by atoms with Gasteiger partial charge in [0.2, 0.25) is 5.91 Å². The van der Waals surface area contributed by atoms with E-state index < -0.39 is 0 Å². The highest BCUT2D eigenvalue weighted by atomic mass is 16.3. The molecule has 3 aromatic rings. The highest BCUT2D eigenvalue weighted by molar-refractivity contribution is 5.82. The van der Waals surface area contributed by atoms with Crippen molar-refractivity contribution in [1.82, 2.24) is 14.5 Å². The molecule has 2 atom stereocenters. The van der Waals surface area contributed by atoms with Gasteiger partial charge >= 0.3 is 0 Å². The van der Waals surface area contributed by atoms with E-state index in [1.54, 1.807) is 25.1 Å². The monoisotopic (exact) mass is 375 g/mol. The van der Waals surface area contributed by atoms with Crippen LogP contribution in [0.4, 0.5) is 0 Å². The van der Waals surface area contributed by atoms with Gasteiger partial charge in [0, 0.05) is 61.3 Å². The van der Waals surface area contributed by atoms with Gasteiger partial charge in [-0.3, -0.25) is 9.59 Å². The van der Waals surface area contributed by atoms with Gasteiger partial charge in [0.25, 0.3) is 5.56 Å². The predicted molar refractivity (Wildman–Crippen MR) is 106 cm³/mol. The van der Waals surface area contributed by atoms with Gasteiger partial charge in [0.1, 0.15) is 5.75 Å². The number of phenols is 1. The number of likely N-dealkylation sites (tertiary alicyclic amines) is 1. The van der Waals surface area contributed by atoms with Crippen LogP contribution >= 0.6 is 0 Å². The number of fused-ring (bicyclic) bond motifs is 5. The zero-order chi connectivity index (χ0) is 19.4.